The minimum Gasteiger partial charge on any atom is -0.309 e. The van der Waals surface area contributed by atoms with E-state index in [9.17, 15) is 0 Å². The maximum Gasteiger partial charge on any atom is 0.164 e. The smallest absolute Gasteiger partial charge is 0.164 e. The molecule has 0 aliphatic heterocycles. The van der Waals surface area contributed by atoms with Gasteiger partial charge in [-0.2, -0.15) is 0 Å². The van der Waals surface area contributed by atoms with E-state index in [-0.39, 0.29) is 0 Å². The molecule has 75 heavy (non-hydrogen) atoms. The third kappa shape index (κ3) is 6.24. The van der Waals surface area contributed by atoms with E-state index in [1.54, 1.807) is 0 Å². The molecular weight excluding hydrogens is 913 g/mol. The minimum atomic E-state index is 0.584. The van der Waals surface area contributed by atoms with Gasteiger partial charge in [0.1, 0.15) is 0 Å². The summed E-state index contributed by atoms with van der Waals surface area (Å²) in [4.78, 5) is 16.3. The average Bonchev–Trinajstić information content (AvgIpc) is 4.13. The maximum atomic E-state index is 5.53. The van der Waals surface area contributed by atoms with Crippen molar-refractivity contribution >= 4 is 97.7 Å². The standard InChI is InChI=1S/C69H42N6/c1-3-19-43(20-4-1)67-70-68(44-35-36-57-59(41-44)50-24-8-7-23-49(50)56-37-38-58-55-29-13-18-34-64(55)75(66(58)65(56)57)46-21-5-2-6-22-46)72-69(71-67)45-39-47(73-60-30-14-9-25-51(60)52-26-10-15-31-61(52)73)42-48(40-45)74-62-32-16-11-27-53(62)54-28-12-17-33-63(54)74/h1-42H. The van der Waals surface area contributed by atoms with Crippen molar-refractivity contribution in [3.8, 4) is 51.2 Å². The van der Waals surface area contributed by atoms with E-state index in [1.807, 2.05) is 18.2 Å². The fourth-order valence-electron chi connectivity index (χ4n) is 12.2. The SMILES string of the molecule is c1ccc(-c2nc(-c3cc(-n4c5ccccc5c5ccccc54)cc(-n4c5ccccc5c5ccccc54)c3)nc(-c3ccc4c(c3)c3ccccc3c3ccc5c6ccccc6n(-c6ccccc6)c5c34)n2)cc1. The molecule has 12 aromatic carbocycles. The van der Waals surface area contributed by atoms with Gasteiger partial charge >= 0.3 is 0 Å². The largest absolute Gasteiger partial charge is 0.309 e. The van der Waals surface area contributed by atoms with Crippen LogP contribution in [0.2, 0.25) is 0 Å². The highest BCUT2D eigenvalue weighted by Crippen LogP contribution is 2.45. The number of rotatable bonds is 6. The Balaban J connectivity index is 0.979. The Morgan fingerprint density at radius 1 is 0.213 bits per heavy atom. The molecule has 0 radical (unpaired) electrons. The minimum absolute atomic E-state index is 0.584. The molecule has 0 N–H and O–H groups in total. The van der Waals surface area contributed by atoms with Crippen LogP contribution in [0.4, 0.5) is 0 Å². The van der Waals surface area contributed by atoms with Crippen molar-refractivity contribution < 1.29 is 0 Å². The summed E-state index contributed by atoms with van der Waals surface area (Å²) in [5.74, 6) is 1.79. The van der Waals surface area contributed by atoms with Crippen molar-refractivity contribution in [2.75, 3.05) is 0 Å². The van der Waals surface area contributed by atoms with Crippen LogP contribution in [0.25, 0.3) is 149 Å². The number of hydrogen-bond acceptors (Lipinski definition) is 3. The van der Waals surface area contributed by atoms with E-state index in [0.717, 1.165) is 61.2 Å². The summed E-state index contributed by atoms with van der Waals surface area (Å²) in [6, 6.07) is 91.6. The van der Waals surface area contributed by atoms with Crippen LogP contribution in [-0.4, -0.2) is 28.7 Å². The molecule has 0 bridgehead atoms. The number of fused-ring (bicyclic) bond motifs is 16. The predicted molar refractivity (Wildman–Crippen MR) is 312 cm³/mol. The maximum absolute atomic E-state index is 5.53. The Morgan fingerprint density at radius 2 is 0.587 bits per heavy atom. The lowest BCUT2D eigenvalue weighted by molar-refractivity contribution is 1.07. The van der Waals surface area contributed by atoms with Crippen molar-refractivity contribution in [1.82, 2.24) is 28.7 Å². The van der Waals surface area contributed by atoms with E-state index >= 15 is 0 Å². The van der Waals surface area contributed by atoms with Crippen LogP contribution in [0.3, 0.4) is 0 Å². The Labute approximate surface area is 430 Å². The molecule has 0 fully saturated rings. The molecular formula is C69H42N6. The highest BCUT2D eigenvalue weighted by atomic mass is 15.0. The zero-order chi connectivity index (χ0) is 49.1. The van der Waals surface area contributed by atoms with E-state index in [0.29, 0.717) is 17.5 Å². The van der Waals surface area contributed by atoms with Gasteiger partial charge in [-0.05, 0) is 93.7 Å². The lowest BCUT2D eigenvalue weighted by Crippen LogP contribution is -2.03. The van der Waals surface area contributed by atoms with Crippen molar-refractivity contribution in [2.24, 2.45) is 0 Å². The first-order valence-corrected chi connectivity index (χ1v) is 25.5. The molecule has 0 unspecified atom stereocenters. The summed E-state index contributed by atoms with van der Waals surface area (Å²) in [6.45, 7) is 0. The molecule has 4 aromatic heterocycles. The first-order valence-electron chi connectivity index (χ1n) is 25.5. The molecule has 0 amide bonds. The summed E-state index contributed by atoms with van der Waals surface area (Å²) in [5, 5.41) is 14.4. The lowest BCUT2D eigenvalue weighted by Gasteiger charge is -2.16. The topological polar surface area (TPSA) is 53.5 Å². The van der Waals surface area contributed by atoms with Crippen molar-refractivity contribution in [3.63, 3.8) is 0 Å². The van der Waals surface area contributed by atoms with Crippen molar-refractivity contribution in [1.29, 1.82) is 0 Å². The average molecular weight is 955 g/mol. The van der Waals surface area contributed by atoms with Crippen LogP contribution in [0.1, 0.15) is 0 Å². The molecule has 6 nitrogen and oxygen atoms in total. The summed E-state index contributed by atoms with van der Waals surface area (Å²) in [6.07, 6.45) is 0. The first-order chi connectivity index (χ1) is 37.2. The third-order valence-corrected chi connectivity index (χ3v) is 15.4. The molecule has 0 spiro atoms. The molecule has 0 aliphatic rings. The highest BCUT2D eigenvalue weighted by Gasteiger charge is 2.22. The zero-order valence-electron chi connectivity index (χ0n) is 40.4. The summed E-state index contributed by atoms with van der Waals surface area (Å²) < 4.78 is 7.22. The van der Waals surface area contributed by atoms with Crippen molar-refractivity contribution in [2.45, 2.75) is 0 Å². The summed E-state index contributed by atoms with van der Waals surface area (Å²) in [7, 11) is 0. The lowest BCUT2D eigenvalue weighted by atomic mass is 9.91. The van der Waals surface area contributed by atoms with Gasteiger partial charge < -0.3 is 13.7 Å². The Morgan fingerprint density at radius 3 is 1.12 bits per heavy atom. The van der Waals surface area contributed by atoms with Crippen molar-refractivity contribution in [3.05, 3.63) is 255 Å². The van der Waals surface area contributed by atoms with Crippen LogP contribution in [0, 0.1) is 0 Å². The van der Waals surface area contributed by atoms with Gasteiger partial charge in [-0.15, -0.1) is 0 Å². The monoisotopic (exact) mass is 954 g/mol. The molecule has 348 valence electrons. The Kier molecular flexibility index (Phi) is 8.94. The van der Waals surface area contributed by atoms with E-state index < -0.39 is 0 Å². The predicted octanol–water partition coefficient (Wildman–Crippen LogP) is 17.6. The molecule has 0 saturated carbocycles. The fourth-order valence-corrected chi connectivity index (χ4v) is 12.2. The van der Waals surface area contributed by atoms with Crippen LogP contribution >= 0.6 is 0 Å². The van der Waals surface area contributed by atoms with Crippen LogP contribution in [-0.2, 0) is 0 Å². The first kappa shape index (κ1) is 41.4. The van der Waals surface area contributed by atoms with Gasteiger partial charge in [0.15, 0.2) is 17.5 Å². The van der Waals surface area contributed by atoms with Gasteiger partial charge in [-0.3, -0.25) is 0 Å². The number of nitrogens with zero attached hydrogens (tertiary/aromatic N) is 6. The third-order valence-electron chi connectivity index (χ3n) is 15.4. The molecule has 0 atom stereocenters. The van der Waals surface area contributed by atoms with Gasteiger partial charge in [-0.1, -0.05) is 188 Å². The van der Waals surface area contributed by atoms with E-state index in [1.165, 1.54) is 70.3 Å². The van der Waals surface area contributed by atoms with E-state index in [2.05, 4.69) is 250 Å². The zero-order valence-corrected chi connectivity index (χ0v) is 40.4. The number of benzene rings is 12. The normalized spacial score (nSPS) is 12.0. The van der Waals surface area contributed by atoms with Gasteiger partial charge in [0.05, 0.1) is 33.1 Å². The second kappa shape index (κ2) is 16.2. The molecule has 0 saturated heterocycles. The number of aromatic nitrogens is 6. The molecule has 16 aromatic rings. The highest BCUT2D eigenvalue weighted by molar-refractivity contribution is 6.33. The molecule has 6 heteroatoms. The number of hydrogen-bond donors (Lipinski definition) is 0. The quantitative estimate of drug-likeness (QED) is 0.156. The number of para-hydroxylation sites is 6. The van der Waals surface area contributed by atoms with Gasteiger partial charge in [-0.25, -0.2) is 15.0 Å². The Hall–Kier alpha value is -10.2. The van der Waals surface area contributed by atoms with Crippen LogP contribution in [0.5, 0.6) is 0 Å². The van der Waals surface area contributed by atoms with Crippen LogP contribution in [0.15, 0.2) is 255 Å². The Bertz CT molecular complexity index is 4770. The van der Waals surface area contributed by atoms with Gasteiger partial charge in [0.2, 0.25) is 0 Å². The fraction of sp³-hybridized carbons (Fsp3) is 0. The van der Waals surface area contributed by atoms with Gasteiger partial charge in [0, 0.05) is 71.5 Å². The second-order valence-electron chi connectivity index (χ2n) is 19.5. The van der Waals surface area contributed by atoms with E-state index in [4.69, 9.17) is 15.0 Å². The summed E-state index contributed by atoms with van der Waals surface area (Å²) >= 11 is 0. The second-order valence-corrected chi connectivity index (χ2v) is 19.5. The molecule has 16 rings (SSSR count). The molecule has 4 heterocycles. The molecule has 0 aliphatic carbocycles. The van der Waals surface area contributed by atoms with Crippen LogP contribution < -0.4 is 0 Å². The summed E-state index contributed by atoms with van der Waals surface area (Å²) in [5.41, 5.74) is 12.7. The van der Waals surface area contributed by atoms with Gasteiger partial charge in [0.25, 0.3) is 0 Å².